The number of rotatable bonds is 4. The second-order valence-electron chi connectivity index (χ2n) is 7.00. The van der Waals surface area contributed by atoms with E-state index in [1.54, 1.807) is 7.05 Å². The number of aliphatic imine (C=N–C) groups is 1. The van der Waals surface area contributed by atoms with Crippen LogP contribution in [0.15, 0.2) is 23.3 Å². The van der Waals surface area contributed by atoms with Gasteiger partial charge in [0.05, 0.1) is 26.2 Å². The van der Waals surface area contributed by atoms with Crippen LogP contribution < -0.4 is 10.2 Å². The van der Waals surface area contributed by atoms with Crippen molar-refractivity contribution in [3.8, 4) is 0 Å². The van der Waals surface area contributed by atoms with E-state index in [1.807, 2.05) is 12.3 Å². The number of carbonyl (C=O) groups is 1. The lowest BCUT2D eigenvalue weighted by Crippen LogP contribution is -2.41. The number of aromatic nitrogens is 1. The molecule has 3 rings (SSSR count). The van der Waals surface area contributed by atoms with Gasteiger partial charge < -0.3 is 24.6 Å². The quantitative estimate of drug-likeness (QED) is 0.472. The van der Waals surface area contributed by atoms with Crippen molar-refractivity contribution in [1.82, 2.24) is 15.2 Å². The van der Waals surface area contributed by atoms with Crippen molar-refractivity contribution in [2.75, 3.05) is 58.5 Å². The Hall–Kier alpha value is -2.35. The average Bonchev–Trinajstić information content (AvgIpc) is 3.10. The Morgan fingerprint density at radius 1 is 1.41 bits per heavy atom. The van der Waals surface area contributed by atoms with Crippen molar-refractivity contribution in [3.63, 3.8) is 0 Å². The number of likely N-dealkylation sites (tertiary alicyclic amines) is 1. The Bertz CT molecular complexity index is 675. The topological polar surface area (TPSA) is 79.3 Å². The molecule has 2 fully saturated rings. The van der Waals surface area contributed by atoms with Gasteiger partial charge in [0.25, 0.3) is 0 Å². The molecule has 0 amide bonds. The van der Waals surface area contributed by atoms with Crippen molar-refractivity contribution in [2.45, 2.75) is 13.5 Å². The number of esters is 1. The van der Waals surface area contributed by atoms with Crippen LogP contribution in [0.2, 0.25) is 0 Å². The number of guanidine groups is 1. The predicted octanol–water partition coefficient (Wildman–Crippen LogP) is 0.735. The molecule has 0 aromatic carbocycles. The van der Waals surface area contributed by atoms with Crippen LogP contribution in [0.4, 0.5) is 5.82 Å². The second-order valence-corrected chi connectivity index (χ2v) is 7.00. The molecule has 2 atom stereocenters. The van der Waals surface area contributed by atoms with Gasteiger partial charge in [-0.05, 0) is 12.0 Å². The summed E-state index contributed by atoms with van der Waals surface area (Å²) in [5.74, 6) is 1.76. The monoisotopic (exact) mass is 375 g/mol. The summed E-state index contributed by atoms with van der Waals surface area (Å²) in [5, 5.41) is 3.43. The van der Waals surface area contributed by atoms with Gasteiger partial charge >= 0.3 is 5.97 Å². The van der Waals surface area contributed by atoms with Crippen LogP contribution >= 0.6 is 0 Å². The lowest BCUT2D eigenvalue weighted by atomic mass is 9.99. The first-order valence-electron chi connectivity index (χ1n) is 9.44. The van der Waals surface area contributed by atoms with Crippen LogP contribution in [0.5, 0.6) is 0 Å². The molecule has 1 aromatic rings. The molecule has 1 aromatic heterocycles. The lowest BCUT2D eigenvalue weighted by molar-refractivity contribution is -0.145. The highest BCUT2D eigenvalue weighted by Crippen LogP contribution is 2.24. The fraction of sp³-hybridized carbons (Fsp3) is 0.632. The third-order valence-electron chi connectivity index (χ3n) is 5.24. The smallest absolute Gasteiger partial charge is 0.310 e. The van der Waals surface area contributed by atoms with Gasteiger partial charge in [-0.1, -0.05) is 13.0 Å². The highest BCUT2D eigenvalue weighted by molar-refractivity contribution is 5.82. The minimum Gasteiger partial charge on any atom is -0.469 e. The van der Waals surface area contributed by atoms with Gasteiger partial charge in [-0.3, -0.25) is 9.79 Å². The van der Waals surface area contributed by atoms with E-state index in [4.69, 9.17) is 9.47 Å². The van der Waals surface area contributed by atoms with Gasteiger partial charge in [0.2, 0.25) is 0 Å². The maximum absolute atomic E-state index is 11.9. The Morgan fingerprint density at radius 2 is 2.19 bits per heavy atom. The zero-order valence-electron chi connectivity index (χ0n) is 16.4. The molecule has 148 valence electrons. The molecule has 0 bridgehead atoms. The van der Waals surface area contributed by atoms with E-state index >= 15 is 0 Å². The molecule has 0 radical (unpaired) electrons. The van der Waals surface area contributed by atoms with Crippen LogP contribution in [0.3, 0.4) is 0 Å². The molecule has 8 heteroatoms. The van der Waals surface area contributed by atoms with Crippen LogP contribution in [0.25, 0.3) is 0 Å². The number of hydrogen-bond donors (Lipinski definition) is 1. The third kappa shape index (κ3) is 4.50. The summed E-state index contributed by atoms with van der Waals surface area (Å²) in [4.78, 5) is 25.3. The summed E-state index contributed by atoms with van der Waals surface area (Å²) in [6.07, 6.45) is 1.83. The molecule has 2 saturated heterocycles. The van der Waals surface area contributed by atoms with Crippen LogP contribution in [-0.4, -0.2) is 75.4 Å². The largest absolute Gasteiger partial charge is 0.469 e. The molecular weight excluding hydrogens is 346 g/mol. The highest BCUT2D eigenvalue weighted by Gasteiger charge is 2.36. The number of pyridine rings is 1. The Labute approximate surface area is 160 Å². The number of hydrogen-bond acceptors (Lipinski definition) is 6. The molecule has 0 spiro atoms. The van der Waals surface area contributed by atoms with Gasteiger partial charge in [0, 0.05) is 51.5 Å². The van der Waals surface area contributed by atoms with E-state index in [-0.39, 0.29) is 17.8 Å². The van der Waals surface area contributed by atoms with Gasteiger partial charge in [0.15, 0.2) is 5.96 Å². The first kappa shape index (κ1) is 19.4. The van der Waals surface area contributed by atoms with Crippen LogP contribution in [0, 0.1) is 11.8 Å². The number of nitrogens with zero attached hydrogens (tertiary/aromatic N) is 4. The zero-order valence-corrected chi connectivity index (χ0v) is 16.4. The van der Waals surface area contributed by atoms with Gasteiger partial charge in [-0.2, -0.15) is 0 Å². The summed E-state index contributed by atoms with van der Waals surface area (Å²) in [6, 6.07) is 4.04. The molecule has 0 saturated carbocycles. The molecular formula is C19H29N5O3. The van der Waals surface area contributed by atoms with E-state index in [0.717, 1.165) is 50.2 Å². The molecule has 8 nitrogen and oxygen atoms in total. The summed E-state index contributed by atoms with van der Waals surface area (Å²) in [7, 11) is 3.21. The summed E-state index contributed by atoms with van der Waals surface area (Å²) in [5.41, 5.74) is 1.12. The van der Waals surface area contributed by atoms with Crippen molar-refractivity contribution >= 4 is 17.7 Å². The number of methoxy groups -OCH3 is 1. The van der Waals surface area contributed by atoms with Crippen molar-refractivity contribution < 1.29 is 14.3 Å². The molecule has 2 unspecified atom stereocenters. The van der Waals surface area contributed by atoms with E-state index in [2.05, 4.69) is 38.1 Å². The van der Waals surface area contributed by atoms with Crippen molar-refractivity contribution in [2.24, 2.45) is 16.8 Å². The highest BCUT2D eigenvalue weighted by atomic mass is 16.5. The molecule has 0 aliphatic carbocycles. The third-order valence-corrected chi connectivity index (χ3v) is 5.24. The van der Waals surface area contributed by atoms with Gasteiger partial charge in [0.1, 0.15) is 5.82 Å². The van der Waals surface area contributed by atoms with E-state index < -0.39 is 0 Å². The normalized spacial score (nSPS) is 23.4. The number of nitrogens with one attached hydrogen (secondary N) is 1. The van der Waals surface area contributed by atoms with Crippen LogP contribution in [-0.2, 0) is 20.8 Å². The van der Waals surface area contributed by atoms with Gasteiger partial charge in [-0.15, -0.1) is 0 Å². The van der Waals surface area contributed by atoms with Crippen LogP contribution in [0.1, 0.15) is 12.5 Å². The molecule has 2 aliphatic heterocycles. The standard InChI is InChI=1S/C19H29N5O3/c1-14-12-24(13-16(14)18(25)26-3)19(20-2)22-11-15-5-4-6-21-17(15)23-7-9-27-10-8-23/h4-6,14,16H,7-13H2,1-3H3,(H,20,22). The van der Waals surface area contributed by atoms with E-state index in [1.165, 1.54) is 7.11 Å². The predicted molar refractivity (Wildman–Crippen MR) is 104 cm³/mol. The van der Waals surface area contributed by atoms with Crippen molar-refractivity contribution in [1.29, 1.82) is 0 Å². The fourth-order valence-electron chi connectivity index (χ4n) is 3.73. The number of anilines is 1. The average molecular weight is 375 g/mol. The Balaban J connectivity index is 1.65. The summed E-state index contributed by atoms with van der Waals surface area (Å²) >= 11 is 0. The fourth-order valence-corrected chi connectivity index (χ4v) is 3.73. The second kappa shape index (κ2) is 9.03. The molecule has 1 N–H and O–H groups in total. The van der Waals surface area contributed by atoms with Crippen molar-refractivity contribution in [3.05, 3.63) is 23.9 Å². The molecule has 27 heavy (non-hydrogen) atoms. The Morgan fingerprint density at radius 3 is 2.89 bits per heavy atom. The van der Waals surface area contributed by atoms with E-state index in [0.29, 0.717) is 13.1 Å². The van der Waals surface area contributed by atoms with Gasteiger partial charge in [-0.25, -0.2) is 4.98 Å². The molecule has 3 heterocycles. The number of carbonyl (C=O) groups excluding carboxylic acids is 1. The zero-order chi connectivity index (χ0) is 19.2. The minimum absolute atomic E-state index is 0.115. The maximum atomic E-state index is 11.9. The lowest BCUT2D eigenvalue weighted by Gasteiger charge is -2.30. The number of morpholine rings is 1. The summed E-state index contributed by atoms with van der Waals surface area (Å²) < 4.78 is 10.4. The SMILES string of the molecule is CN=C(NCc1cccnc1N1CCOCC1)N1CC(C)C(C(=O)OC)C1. The summed E-state index contributed by atoms with van der Waals surface area (Å²) in [6.45, 7) is 7.26. The Kier molecular flexibility index (Phi) is 6.49. The first-order valence-corrected chi connectivity index (χ1v) is 9.44. The number of ether oxygens (including phenoxy) is 2. The minimum atomic E-state index is -0.151. The van der Waals surface area contributed by atoms with E-state index in [9.17, 15) is 4.79 Å². The maximum Gasteiger partial charge on any atom is 0.310 e. The first-order chi connectivity index (χ1) is 13.1. The molecule has 2 aliphatic rings.